The maximum atomic E-state index is 12.7. The van der Waals surface area contributed by atoms with Crippen LogP contribution in [0.15, 0.2) is 82.0 Å². The fourth-order valence-electron chi connectivity index (χ4n) is 4.60. The highest BCUT2D eigenvalue weighted by atomic mass is 32.2. The Morgan fingerprint density at radius 2 is 1.97 bits per heavy atom. The molecule has 0 bridgehead atoms. The van der Waals surface area contributed by atoms with Gasteiger partial charge in [0.05, 0.1) is 16.6 Å². The summed E-state index contributed by atoms with van der Waals surface area (Å²) < 4.78 is 26.5. The molecule has 2 aromatic carbocycles. The topological polar surface area (TPSA) is 117 Å². The Kier molecular flexibility index (Phi) is 6.77. The predicted molar refractivity (Wildman–Crippen MR) is 141 cm³/mol. The molecule has 0 radical (unpaired) electrons. The second-order valence-corrected chi connectivity index (χ2v) is 10.9. The number of carbonyl (C=O) groups is 1. The lowest BCUT2D eigenvalue weighted by Gasteiger charge is -2.29. The summed E-state index contributed by atoms with van der Waals surface area (Å²) in [6, 6.07) is 15.8. The molecule has 0 saturated heterocycles. The van der Waals surface area contributed by atoms with Crippen molar-refractivity contribution in [3.8, 4) is 0 Å². The number of benzene rings is 2. The lowest BCUT2D eigenvalue weighted by Crippen LogP contribution is -2.35. The molecule has 0 fully saturated rings. The van der Waals surface area contributed by atoms with Crippen molar-refractivity contribution < 1.29 is 13.2 Å². The number of fused-ring (bicyclic) bond motifs is 2. The quantitative estimate of drug-likeness (QED) is 0.389. The van der Waals surface area contributed by atoms with Gasteiger partial charge in [-0.1, -0.05) is 36.4 Å². The van der Waals surface area contributed by atoms with Gasteiger partial charge in [0.15, 0.2) is 9.84 Å². The minimum Gasteiger partial charge on any atom is -0.348 e. The molecule has 0 spiro atoms. The van der Waals surface area contributed by atoms with Crippen molar-refractivity contribution in [1.82, 2.24) is 25.0 Å². The lowest BCUT2D eigenvalue weighted by atomic mass is 10.0. The molecule has 9 nitrogen and oxygen atoms in total. The number of pyridine rings is 1. The van der Waals surface area contributed by atoms with Crippen molar-refractivity contribution >= 4 is 26.6 Å². The van der Waals surface area contributed by atoms with E-state index in [0.29, 0.717) is 13.0 Å². The number of carbonyl (C=O) groups excluding carboxylic acids is 1. The van der Waals surface area contributed by atoms with Gasteiger partial charge in [-0.2, -0.15) is 5.10 Å². The predicted octanol–water partition coefficient (Wildman–Crippen LogP) is 2.54. The van der Waals surface area contributed by atoms with Crippen molar-refractivity contribution in [2.24, 2.45) is 7.05 Å². The molecule has 4 aromatic rings. The van der Waals surface area contributed by atoms with Gasteiger partial charge in [0.2, 0.25) is 0 Å². The number of aromatic nitrogens is 3. The van der Waals surface area contributed by atoms with Gasteiger partial charge in [-0.05, 0) is 35.4 Å². The summed E-state index contributed by atoms with van der Waals surface area (Å²) in [5.41, 5.74) is 3.54. The van der Waals surface area contributed by atoms with Crippen LogP contribution >= 0.6 is 0 Å². The van der Waals surface area contributed by atoms with Gasteiger partial charge in [-0.15, -0.1) is 0 Å². The van der Waals surface area contributed by atoms with Crippen LogP contribution in [0.4, 0.5) is 0 Å². The van der Waals surface area contributed by atoms with Crippen LogP contribution < -0.4 is 10.9 Å². The van der Waals surface area contributed by atoms with E-state index in [1.54, 1.807) is 24.3 Å². The smallest absolute Gasteiger partial charge is 0.261 e. The highest BCUT2D eigenvalue weighted by molar-refractivity contribution is 7.94. The van der Waals surface area contributed by atoms with Gasteiger partial charge >= 0.3 is 0 Å². The Hall–Kier alpha value is -4.02. The minimum atomic E-state index is -3.60. The molecule has 0 unspecified atom stereocenters. The largest absolute Gasteiger partial charge is 0.348 e. The highest BCUT2D eigenvalue weighted by Crippen LogP contribution is 2.23. The molecule has 1 aliphatic rings. The molecule has 1 aliphatic heterocycles. The number of nitrogens with one attached hydrogen (secondary N) is 2. The van der Waals surface area contributed by atoms with Gasteiger partial charge in [0.1, 0.15) is 5.56 Å². The molecule has 1 amide bonds. The van der Waals surface area contributed by atoms with E-state index in [1.807, 2.05) is 30.1 Å². The minimum absolute atomic E-state index is 0.00859. The van der Waals surface area contributed by atoms with E-state index in [4.69, 9.17) is 0 Å². The molecule has 3 heterocycles. The normalized spacial score (nSPS) is 14.2. The molecule has 10 heteroatoms. The third-order valence-corrected chi connectivity index (χ3v) is 8.02. The summed E-state index contributed by atoms with van der Waals surface area (Å²) in [6.45, 7) is 2.08. The average Bonchev–Trinajstić information content (AvgIpc) is 3.28. The first-order chi connectivity index (χ1) is 17.8. The molecule has 5 rings (SSSR count). The maximum Gasteiger partial charge on any atom is 0.261 e. The first kappa shape index (κ1) is 24.7. The monoisotopic (exact) mass is 517 g/mol. The van der Waals surface area contributed by atoms with Crippen LogP contribution in [0.1, 0.15) is 27.2 Å². The summed E-state index contributed by atoms with van der Waals surface area (Å²) in [6.07, 6.45) is 3.91. The van der Waals surface area contributed by atoms with E-state index in [9.17, 15) is 18.0 Å². The van der Waals surface area contributed by atoms with Crippen LogP contribution in [0.5, 0.6) is 0 Å². The first-order valence-electron chi connectivity index (χ1n) is 11.9. The Balaban J connectivity index is 1.26. The van der Waals surface area contributed by atoms with E-state index in [0.717, 1.165) is 40.7 Å². The fraction of sp³-hybridized carbons (Fsp3) is 0.222. The maximum absolute atomic E-state index is 12.7. The third-order valence-electron chi connectivity index (χ3n) is 6.54. The summed E-state index contributed by atoms with van der Waals surface area (Å²) >= 11 is 0. The number of aromatic amines is 1. The third kappa shape index (κ3) is 5.25. The Bertz CT molecular complexity index is 1660. The van der Waals surface area contributed by atoms with Crippen LogP contribution in [0.3, 0.4) is 0 Å². The summed E-state index contributed by atoms with van der Waals surface area (Å²) in [4.78, 5) is 30.6. The number of nitrogens with zero attached hydrogens (tertiary/aromatic N) is 3. The molecule has 190 valence electrons. The Morgan fingerprint density at radius 3 is 2.78 bits per heavy atom. The number of hydrogen-bond donors (Lipinski definition) is 2. The summed E-state index contributed by atoms with van der Waals surface area (Å²) in [5, 5.41) is 9.14. The molecule has 0 aliphatic carbocycles. The van der Waals surface area contributed by atoms with Crippen molar-refractivity contribution in [3.63, 3.8) is 0 Å². The second kappa shape index (κ2) is 10.2. The average molecular weight is 518 g/mol. The van der Waals surface area contributed by atoms with E-state index in [2.05, 4.69) is 26.4 Å². The summed E-state index contributed by atoms with van der Waals surface area (Å²) in [5.74, 6) is -0.553. The van der Waals surface area contributed by atoms with Crippen LogP contribution in [-0.2, 0) is 36.4 Å². The van der Waals surface area contributed by atoms with Gasteiger partial charge in [0.25, 0.3) is 11.5 Å². The molecule has 2 N–H and O–H groups in total. The number of amides is 1. The highest BCUT2D eigenvalue weighted by Gasteiger charge is 2.21. The standard InChI is InChI=1S/C27H27N5O4S/c1-31-25-10-5-7-19(23(25)16-29-31)17-32-13-11-24-20(18-32)15-22(27(34)30-24)26(33)28-12-6-14-37(35,36)21-8-3-2-4-9-21/h2-10,14-16H,11-13,17-18H2,1H3,(H,28,33)(H,30,34)/b14-6+. The van der Waals surface area contributed by atoms with Crippen LogP contribution in [0.2, 0.25) is 0 Å². The Morgan fingerprint density at radius 1 is 1.16 bits per heavy atom. The second-order valence-electron chi connectivity index (χ2n) is 9.03. The van der Waals surface area contributed by atoms with Crippen LogP contribution in [-0.4, -0.2) is 47.1 Å². The molecular weight excluding hydrogens is 490 g/mol. The van der Waals surface area contributed by atoms with E-state index in [-0.39, 0.29) is 17.0 Å². The molecule has 0 atom stereocenters. The number of rotatable bonds is 7. The zero-order chi connectivity index (χ0) is 26.0. The zero-order valence-corrected chi connectivity index (χ0v) is 21.2. The number of sulfone groups is 1. The van der Waals surface area contributed by atoms with E-state index >= 15 is 0 Å². The summed E-state index contributed by atoms with van der Waals surface area (Å²) in [7, 11) is -1.68. The van der Waals surface area contributed by atoms with Gasteiger partial charge in [-0.25, -0.2) is 8.42 Å². The van der Waals surface area contributed by atoms with E-state index in [1.165, 1.54) is 23.8 Å². The number of hydrogen-bond acceptors (Lipinski definition) is 6. The first-order valence-corrected chi connectivity index (χ1v) is 13.5. The SMILES string of the molecule is Cn1ncc2c(CN3CCc4[nH]c(=O)c(C(=O)NC/C=C/S(=O)(=O)c5ccccc5)cc4C3)cccc21. The van der Waals surface area contributed by atoms with Gasteiger partial charge in [0, 0.05) is 56.1 Å². The van der Waals surface area contributed by atoms with Gasteiger partial charge in [-0.3, -0.25) is 19.2 Å². The number of aryl methyl sites for hydroxylation is 1. The zero-order valence-electron chi connectivity index (χ0n) is 20.3. The number of H-pyrrole nitrogens is 1. The van der Waals surface area contributed by atoms with Gasteiger partial charge < -0.3 is 10.3 Å². The molecule has 2 aromatic heterocycles. The lowest BCUT2D eigenvalue weighted by molar-refractivity contribution is 0.0956. The molecular formula is C27H27N5O4S. The van der Waals surface area contributed by atoms with Crippen molar-refractivity contribution in [2.45, 2.75) is 24.4 Å². The van der Waals surface area contributed by atoms with E-state index < -0.39 is 21.3 Å². The fourth-order valence-corrected chi connectivity index (χ4v) is 5.64. The van der Waals surface area contributed by atoms with Crippen molar-refractivity contribution in [1.29, 1.82) is 0 Å². The van der Waals surface area contributed by atoms with Crippen molar-refractivity contribution in [3.05, 3.63) is 105 Å². The van der Waals surface area contributed by atoms with Crippen LogP contribution in [0.25, 0.3) is 10.9 Å². The van der Waals surface area contributed by atoms with Crippen LogP contribution in [0, 0.1) is 0 Å². The molecule has 0 saturated carbocycles. The Labute approximate surface area is 214 Å². The van der Waals surface area contributed by atoms with Crippen molar-refractivity contribution in [2.75, 3.05) is 13.1 Å². The molecule has 37 heavy (non-hydrogen) atoms.